The number of carbonyl (C=O) groups is 2. The van der Waals surface area contributed by atoms with E-state index in [0.717, 1.165) is 0 Å². The molecule has 0 aliphatic carbocycles. The van der Waals surface area contributed by atoms with Crippen LogP contribution in [0.15, 0.2) is 48.5 Å². The van der Waals surface area contributed by atoms with Gasteiger partial charge in [-0.25, -0.2) is 4.79 Å². The Morgan fingerprint density at radius 1 is 0.808 bits per heavy atom. The molecule has 26 heavy (non-hydrogen) atoms. The van der Waals surface area contributed by atoms with Crippen molar-refractivity contribution in [3.8, 4) is 23.0 Å². The van der Waals surface area contributed by atoms with Crippen molar-refractivity contribution in [3.63, 3.8) is 0 Å². The summed E-state index contributed by atoms with van der Waals surface area (Å²) in [6.45, 7) is 0. The lowest BCUT2D eigenvalue weighted by atomic mass is 10.2. The van der Waals surface area contributed by atoms with Crippen LogP contribution < -0.4 is 24.7 Å². The van der Waals surface area contributed by atoms with Gasteiger partial charge < -0.3 is 24.7 Å². The number of methoxy groups -OCH3 is 2. The molecule has 0 spiro atoms. The van der Waals surface area contributed by atoms with E-state index in [1.807, 2.05) is 0 Å². The number of ether oxygens (including phenoxy) is 4. The third kappa shape index (κ3) is 5.78. The molecule has 0 aromatic heterocycles. The highest BCUT2D eigenvalue weighted by molar-refractivity contribution is 5.79. The van der Waals surface area contributed by atoms with Gasteiger partial charge in [0.2, 0.25) is 0 Å². The number of esters is 2. The van der Waals surface area contributed by atoms with Gasteiger partial charge in [-0.1, -0.05) is 0 Å². The Hall–Kier alpha value is -3.06. The van der Waals surface area contributed by atoms with Gasteiger partial charge in [0.25, 0.3) is 0 Å². The highest BCUT2D eigenvalue weighted by atomic mass is 16.5. The second kappa shape index (κ2) is 9.43. The van der Waals surface area contributed by atoms with Gasteiger partial charge in [-0.15, -0.1) is 0 Å². The first-order chi connectivity index (χ1) is 12.5. The zero-order valence-electron chi connectivity index (χ0n) is 14.6. The van der Waals surface area contributed by atoms with Crippen molar-refractivity contribution in [2.45, 2.75) is 18.9 Å². The van der Waals surface area contributed by atoms with Crippen LogP contribution in [0, 0.1) is 0 Å². The van der Waals surface area contributed by atoms with E-state index in [-0.39, 0.29) is 12.8 Å². The van der Waals surface area contributed by atoms with E-state index in [2.05, 4.69) is 0 Å². The zero-order valence-corrected chi connectivity index (χ0v) is 14.6. The average molecular weight is 359 g/mol. The molecule has 0 bridgehead atoms. The van der Waals surface area contributed by atoms with Crippen molar-refractivity contribution in [3.05, 3.63) is 48.5 Å². The minimum absolute atomic E-state index is 0.00902. The molecule has 0 amide bonds. The van der Waals surface area contributed by atoms with Crippen LogP contribution in [0.1, 0.15) is 12.8 Å². The van der Waals surface area contributed by atoms with Crippen LogP contribution in [0.25, 0.3) is 0 Å². The lowest BCUT2D eigenvalue weighted by Gasteiger charge is -2.11. The van der Waals surface area contributed by atoms with Crippen molar-refractivity contribution < 1.29 is 28.5 Å². The number of rotatable bonds is 8. The SMILES string of the molecule is COc1ccc(OC(=O)CC[C@H](N)C(=O)Oc2ccc(OC)cc2)cc1. The highest BCUT2D eigenvalue weighted by Crippen LogP contribution is 2.19. The Kier molecular flexibility index (Phi) is 6.99. The lowest BCUT2D eigenvalue weighted by molar-refractivity contribution is -0.137. The number of hydrogen-bond acceptors (Lipinski definition) is 7. The summed E-state index contributed by atoms with van der Waals surface area (Å²) in [5.41, 5.74) is 5.78. The Balaban J connectivity index is 1.77. The van der Waals surface area contributed by atoms with Gasteiger partial charge in [0.15, 0.2) is 0 Å². The van der Waals surface area contributed by atoms with E-state index < -0.39 is 18.0 Å². The Bertz CT molecular complexity index is 727. The van der Waals surface area contributed by atoms with E-state index in [9.17, 15) is 9.59 Å². The van der Waals surface area contributed by atoms with Crippen LogP contribution in [0.2, 0.25) is 0 Å². The molecule has 1 atom stereocenters. The largest absolute Gasteiger partial charge is 0.497 e. The fraction of sp³-hybridized carbons (Fsp3) is 0.263. The molecule has 0 aliphatic rings. The standard InChI is InChI=1S/C19H21NO6/c1-23-13-3-7-15(8-4-13)25-18(21)12-11-17(20)19(22)26-16-9-5-14(24-2)6-10-16/h3-10,17H,11-12,20H2,1-2H3/t17-/m0/s1. The molecule has 2 aromatic rings. The third-order valence-corrected chi connectivity index (χ3v) is 3.53. The molecule has 0 fully saturated rings. The second-order valence-corrected chi connectivity index (χ2v) is 5.39. The fourth-order valence-electron chi connectivity index (χ4n) is 2.05. The summed E-state index contributed by atoms with van der Waals surface area (Å²) in [5, 5.41) is 0. The Labute approximate surface area is 151 Å². The molecule has 0 heterocycles. The average Bonchev–Trinajstić information content (AvgIpc) is 2.67. The molecule has 0 saturated heterocycles. The van der Waals surface area contributed by atoms with Crippen LogP contribution in [-0.4, -0.2) is 32.2 Å². The van der Waals surface area contributed by atoms with Crippen LogP contribution >= 0.6 is 0 Å². The topological polar surface area (TPSA) is 97.1 Å². The molecule has 0 aliphatic heterocycles. The smallest absolute Gasteiger partial charge is 0.328 e. The van der Waals surface area contributed by atoms with Gasteiger partial charge in [0, 0.05) is 6.42 Å². The summed E-state index contributed by atoms with van der Waals surface area (Å²) in [7, 11) is 3.09. The molecule has 2 rings (SSSR count). The number of nitrogens with two attached hydrogens (primary N) is 1. The summed E-state index contributed by atoms with van der Waals surface area (Å²) < 4.78 is 20.4. The maximum atomic E-state index is 12.0. The van der Waals surface area contributed by atoms with Gasteiger partial charge in [0.1, 0.15) is 29.0 Å². The molecule has 7 heteroatoms. The van der Waals surface area contributed by atoms with E-state index in [1.165, 1.54) is 0 Å². The lowest BCUT2D eigenvalue weighted by Crippen LogP contribution is -2.35. The summed E-state index contributed by atoms with van der Waals surface area (Å²) in [6.07, 6.45) is 0.106. The Morgan fingerprint density at radius 2 is 1.23 bits per heavy atom. The quantitative estimate of drug-likeness (QED) is 0.570. The van der Waals surface area contributed by atoms with Crippen molar-refractivity contribution in [2.75, 3.05) is 14.2 Å². The van der Waals surface area contributed by atoms with Crippen LogP contribution in [-0.2, 0) is 9.59 Å². The molecule has 2 N–H and O–H groups in total. The predicted octanol–water partition coefficient (Wildman–Crippen LogP) is 2.32. The first kappa shape index (κ1) is 19.3. The fourth-order valence-corrected chi connectivity index (χ4v) is 2.05. The summed E-state index contributed by atoms with van der Waals surface area (Å²) >= 11 is 0. The number of hydrogen-bond donors (Lipinski definition) is 1. The zero-order chi connectivity index (χ0) is 18.9. The van der Waals surface area contributed by atoms with Crippen molar-refractivity contribution >= 4 is 11.9 Å². The monoisotopic (exact) mass is 359 g/mol. The summed E-state index contributed by atoms with van der Waals surface area (Å²) in [4.78, 5) is 23.8. The van der Waals surface area contributed by atoms with Crippen LogP contribution in [0.3, 0.4) is 0 Å². The normalized spacial score (nSPS) is 11.3. The van der Waals surface area contributed by atoms with Gasteiger partial charge in [-0.3, -0.25) is 4.79 Å². The van der Waals surface area contributed by atoms with Crippen molar-refractivity contribution in [1.29, 1.82) is 0 Å². The maximum absolute atomic E-state index is 12.0. The number of carbonyl (C=O) groups excluding carboxylic acids is 2. The predicted molar refractivity (Wildman–Crippen MR) is 94.5 cm³/mol. The molecule has 7 nitrogen and oxygen atoms in total. The highest BCUT2D eigenvalue weighted by Gasteiger charge is 2.18. The third-order valence-electron chi connectivity index (χ3n) is 3.53. The van der Waals surface area contributed by atoms with E-state index >= 15 is 0 Å². The van der Waals surface area contributed by atoms with Gasteiger partial charge >= 0.3 is 11.9 Å². The molecule has 138 valence electrons. The summed E-state index contributed by atoms with van der Waals surface area (Å²) in [6, 6.07) is 12.2. The van der Waals surface area contributed by atoms with Crippen molar-refractivity contribution in [1.82, 2.24) is 0 Å². The maximum Gasteiger partial charge on any atom is 0.328 e. The Morgan fingerprint density at radius 3 is 1.69 bits per heavy atom. The molecular weight excluding hydrogens is 338 g/mol. The number of benzene rings is 2. The van der Waals surface area contributed by atoms with Crippen LogP contribution in [0.4, 0.5) is 0 Å². The van der Waals surface area contributed by atoms with Crippen LogP contribution in [0.5, 0.6) is 23.0 Å². The van der Waals surface area contributed by atoms with Crippen molar-refractivity contribution in [2.24, 2.45) is 5.73 Å². The molecule has 0 saturated carbocycles. The van der Waals surface area contributed by atoms with E-state index in [1.54, 1.807) is 62.8 Å². The summed E-state index contributed by atoms with van der Waals surface area (Å²) in [5.74, 6) is 0.955. The van der Waals surface area contributed by atoms with Gasteiger partial charge in [-0.2, -0.15) is 0 Å². The van der Waals surface area contributed by atoms with E-state index in [4.69, 9.17) is 24.7 Å². The first-order valence-electron chi connectivity index (χ1n) is 7.98. The first-order valence-corrected chi connectivity index (χ1v) is 7.98. The second-order valence-electron chi connectivity index (χ2n) is 5.39. The molecule has 2 aromatic carbocycles. The minimum Gasteiger partial charge on any atom is -0.497 e. The van der Waals surface area contributed by atoms with Gasteiger partial charge in [0.05, 0.1) is 14.2 Å². The van der Waals surface area contributed by atoms with Gasteiger partial charge in [-0.05, 0) is 55.0 Å². The minimum atomic E-state index is -0.930. The molecule has 0 unspecified atom stereocenters. The van der Waals surface area contributed by atoms with E-state index in [0.29, 0.717) is 23.0 Å². The molecular formula is C19H21NO6. The molecule has 0 radical (unpaired) electrons.